The molecule has 0 unspecified atom stereocenters. The summed E-state index contributed by atoms with van der Waals surface area (Å²) in [5.74, 6) is 0. The molecule has 156 valence electrons. The van der Waals surface area contributed by atoms with Gasteiger partial charge in [0.1, 0.15) is 0 Å². The van der Waals surface area contributed by atoms with Gasteiger partial charge in [-0.1, -0.05) is 25.0 Å². The Morgan fingerprint density at radius 3 is 2.48 bits per heavy atom. The van der Waals surface area contributed by atoms with Gasteiger partial charge < -0.3 is 10.6 Å². The van der Waals surface area contributed by atoms with Crippen LogP contribution in [0, 0.1) is 0 Å². The Labute approximate surface area is 174 Å². The van der Waals surface area contributed by atoms with E-state index in [-0.39, 0.29) is 6.04 Å². The summed E-state index contributed by atoms with van der Waals surface area (Å²) >= 11 is 0. The van der Waals surface area contributed by atoms with Gasteiger partial charge in [0.15, 0.2) is 0 Å². The van der Waals surface area contributed by atoms with Crippen molar-refractivity contribution in [1.29, 1.82) is 0 Å². The van der Waals surface area contributed by atoms with Crippen LogP contribution >= 0.6 is 0 Å². The van der Waals surface area contributed by atoms with Crippen molar-refractivity contribution in [2.75, 3.05) is 23.7 Å². The van der Waals surface area contributed by atoms with Gasteiger partial charge in [-0.05, 0) is 74.1 Å². The molecule has 5 nitrogen and oxygen atoms in total. The highest BCUT2D eigenvalue weighted by Crippen LogP contribution is 2.33. The largest absolute Gasteiger partial charge is 0.399 e. The van der Waals surface area contributed by atoms with Crippen molar-refractivity contribution in [1.82, 2.24) is 4.31 Å². The minimum Gasteiger partial charge on any atom is -0.399 e. The Hall–Kier alpha value is -2.05. The van der Waals surface area contributed by atoms with Crippen LogP contribution in [0.15, 0.2) is 47.4 Å². The molecule has 6 heteroatoms. The molecule has 2 aromatic rings. The van der Waals surface area contributed by atoms with Crippen LogP contribution in [-0.2, 0) is 23.0 Å². The van der Waals surface area contributed by atoms with Crippen LogP contribution in [0.2, 0.25) is 0 Å². The fourth-order valence-electron chi connectivity index (χ4n) is 4.71. The van der Waals surface area contributed by atoms with Crippen molar-refractivity contribution in [2.24, 2.45) is 0 Å². The molecule has 29 heavy (non-hydrogen) atoms. The number of rotatable bonds is 6. The number of benzene rings is 2. The van der Waals surface area contributed by atoms with E-state index in [1.807, 2.05) is 0 Å². The number of sulfonamides is 1. The highest BCUT2D eigenvalue weighted by atomic mass is 32.2. The predicted molar refractivity (Wildman–Crippen MR) is 118 cm³/mol. The Morgan fingerprint density at radius 2 is 1.79 bits per heavy atom. The molecule has 4 rings (SSSR count). The van der Waals surface area contributed by atoms with Crippen LogP contribution in [0.25, 0.3) is 0 Å². The highest BCUT2D eigenvalue weighted by Gasteiger charge is 2.33. The first kappa shape index (κ1) is 20.2. The maximum absolute atomic E-state index is 13.5. The molecule has 0 spiro atoms. The molecule has 2 N–H and O–H groups in total. The van der Waals surface area contributed by atoms with Crippen molar-refractivity contribution in [3.05, 3.63) is 53.6 Å². The summed E-state index contributed by atoms with van der Waals surface area (Å²) < 4.78 is 28.7. The van der Waals surface area contributed by atoms with Crippen LogP contribution in [0.3, 0.4) is 0 Å². The van der Waals surface area contributed by atoms with Gasteiger partial charge >= 0.3 is 0 Å². The number of aryl methyl sites for hydroxylation is 1. The Bertz CT molecular complexity index is 951. The molecule has 1 aliphatic heterocycles. The SMILES string of the molecule is CCN1CCCc2cc(CN(C3CCCC3)S(=O)(=O)c3ccc(N)cc3)ccc21. The zero-order chi connectivity index (χ0) is 20.4. The molecule has 0 saturated heterocycles. The molecule has 2 aliphatic rings. The van der Waals surface area contributed by atoms with Crippen LogP contribution in [-0.4, -0.2) is 31.9 Å². The molecule has 0 aromatic heterocycles. The number of anilines is 2. The van der Waals surface area contributed by atoms with Gasteiger partial charge in [0.2, 0.25) is 10.0 Å². The Kier molecular flexibility index (Phi) is 5.83. The molecule has 1 saturated carbocycles. The van der Waals surface area contributed by atoms with E-state index in [0.717, 1.165) is 57.2 Å². The first-order chi connectivity index (χ1) is 14.0. The molecule has 0 bridgehead atoms. The second-order valence-electron chi connectivity index (χ2n) is 8.20. The monoisotopic (exact) mass is 413 g/mol. The second kappa shape index (κ2) is 8.36. The van der Waals surface area contributed by atoms with E-state index in [4.69, 9.17) is 5.73 Å². The smallest absolute Gasteiger partial charge is 0.243 e. The van der Waals surface area contributed by atoms with E-state index >= 15 is 0 Å². The summed E-state index contributed by atoms with van der Waals surface area (Å²) in [5.41, 5.74) is 10.1. The summed E-state index contributed by atoms with van der Waals surface area (Å²) in [4.78, 5) is 2.73. The van der Waals surface area contributed by atoms with Gasteiger partial charge in [-0.25, -0.2) is 8.42 Å². The van der Waals surface area contributed by atoms with E-state index in [1.165, 1.54) is 11.3 Å². The molecule has 2 aromatic carbocycles. The van der Waals surface area contributed by atoms with Crippen molar-refractivity contribution < 1.29 is 8.42 Å². The van der Waals surface area contributed by atoms with Gasteiger partial charge in [0.05, 0.1) is 4.90 Å². The summed E-state index contributed by atoms with van der Waals surface area (Å²) in [6, 6.07) is 13.1. The van der Waals surface area contributed by atoms with Crippen molar-refractivity contribution in [3.8, 4) is 0 Å². The van der Waals surface area contributed by atoms with Crippen molar-refractivity contribution >= 4 is 21.4 Å². The zero-order valence-corrected chi connectivity index (χ0v) is 18.0. The van der Waals surface area contributed by atoms with Crippen LogP contribution in [0.5, 0.6) is 0 Å². The average Bonchev–Trinajstić information content (AvgIpc) is 3.26. The third-order valence-electron chi connectivity index (χ3n) is 6.30. The van der Waals surface area contributed by atoms with Crippen molar-refractivity contribution in [2.45, 2.75) is 62.9 Å². The molecule has 0 atom stereocenters. The zero-order valence-electron chi connectivity index (χ0n) is 17.2. The highest BCUT2D eigenvalue weighted by molar-refractivity contribution is 7.89. The lowest BCUT2D eigenvalue weighted by Gasteiger charge is -2.32. The lowest BCUT2D eigenvalue weighted by molar-refractivity contribution is 0.316. The molecule has 0 amide bonds. The minimum absolute atomic E-state index is 0.0701. The Morgan fingerprint density at radius 1 is 1.07 bits per heavy atom. The summed E-state index contributed by atoms with van der Waals surface area (Å²) in [5, 5.41) is 0. The fraction of sp³-hybridized carbons (Fsp3) is 0.478. The number of nitrogen functional groups attached to an aromatic ring is 1. The topological polar surface area (TPSA) is 66.6 Å². The van der Waals surface area contributed by atoms with Gasteiger partial charge in [-0.15, -0.1) is 0 Å². The minimum atomic E-state index is -3.57. The normalized spacial score (nSPS) is 17.7. The van der Waals surface area contributed by atoms with E-state index < -0.39 is 10.0 Å². The lowest BCUT2D eigenvalue weighted by atomic mass is 9.99. The number of fused-ring (bicyclic) bond motifs is 1. The number of nitrogens with two attached hydrogens (primary N) is 1. The van der Waals surface area contributed by atoms with E-state index in [1.54, 1.807) is 28.6 Å². The quantitative estimate of drug-likeness (QED) is 0.722. The first-order valence-electron chi connectivity index (χ1n) is 10.7. The molecular weight excluding hydrogens is 382 g/mol. The second-order valence-corrected chi connectivity index (χ2v) is 10.1. The number of hydrogen-bond acceptors (Lipinski definition) is 4. The van der Waals surface area contributed by atoms with Gasteiger partial charge in [-0.3, -0.25) is 0 Å². The standard InChI is InChI=1S/C23H31N3O2S/c1-2-25-15-5-6-19-16-18(9-14-23(19)25)17-26(21-7-3-4-8-21)29(27,28)22-12-10-20(24)11-13-22/h9-14,16,21H,2-8,15,17,24H2,1H3. The van der Waals surface area contributed by atoms with Gasteiger partial charge in [-0.2, -0.15) is 4.31 Å². The van der Waals surface area contributed by atoms with Crippen LogP contribution < -0.4 is 10.6 Å². The molecule has 1 fully saturated rings. The molecule has 0 radical (unpaired) electrons. The maximum atomic E-state index is 13.5. The summed E-state index contributed by atoms with van der Waals surface area (Å²) in [6.07, 6.45) is 6.27. The first-order valence-corrected chi connectivity index (χ1v) is 12.2. The van der Waals surface area contributed by atoms with Gasteiger partial charge in [0, 0.05) is 37.1 Å². The summed E-state index contributed by atoms with van der Waals surface area (Å²) in [6.45, 7) is 4.72. The van der Waals surface area contributed by atoms with E-state index in [0.29, 0.717) is 17.1 Å². The lowest BCUT2D eigenvalue weighted by Crippen LogP contribution is -2.38. The van der Waals surface area contributed by atoms with E-state index in [2.05, 4.69) is 30.0 Å². The number of nitrogens with zero attached hydrogens (tertiary/aromatic N) is 2. The molecule has 1 aliphatic carbocycles. The Balaban J connectivity index is 1.65. The predicted octanol–water partition coefficient (Wildman–Crippen LogP) is 4.17. The summed E-state index contributed by atoms with van der Waals surface area (Å²) in [7, 11) is -3.57. The third kappa shape index (κ3) is 4.14. The average molecular weight is 414 g/mol. The van der Waals surface area contributed by atoms with E-state index in [9.17, 15) is 8.42 Å². The third-order valence-corrected chi connectivity index (χ3v) is 8.21. The maximum Gasteiger partial charge on any atom is 0.243 e. The van der Waals surface area contributed by atoms with Gasteiger partial charge in [0.25, 0.3) is 0 Å². The van der Waals surface area contributed by atoms with Crippen LogP contribution in [0.4, 0.5) is 11.4 Å². The fourth-order valence-corrected chi connectivity index (χ4v) is 6.39. The van der Waals surface area contributed by atoms with Crippen molar-refractivity contribution in [3.63, 3.8) is 0 Å². The molecular formula is C23H31N3O2S. The molecule has 1 heterocycles. The van der Waals surface area contributed by atoms with Crippen LogP contribution in [0.1, 0.15) is 50.2 Å². The number of hydrogen-bond donors (Lipinski definition) is 1.